The van der Waals surface area contributed by atoms with E-state index in [1.54, 1.807) is 24.3 Å². The first-order valence-electron chi connectivity index (χ1n) is 7.56. The van der Waals surface area contributed by atoms with Crippen LogP contribution in [0, 0.1) is 18.3 Å². The number of hydrogen-bond acceptors (Lipinski definition) is 4. The highest BCUT2D eigenvalue weighted by atomic mass is 35.5. The standard InChI is InChI=1S/C19H16ClN3O/c1-12-4-2-3-5-15(12)18(24)11-22-19-8-13(10-21)16-9-14(20)6-7-17(16)23-19/h2-9,18,24H,11H2,1H3,(H,22,23). The zero-order valence-electron chi connectivity index (χ0n) is 13.1. The smallest absolute Gasteiger partial charge is 0.128 e. The number of anilines is 1. The van der Waals surface area contributed by atoms with Gasteiger partial charge < -0.3 is 10.4 Å². The maximum Gasteiger partial charge on any atom is 0.128 e. The number of hydrogen-bond donors (Lipinski definition) is 2. The van der Waals surface area contributed by atoms with Crippen LogP contribution in [-0.2, 0) is 0 Å². The number of pyridine rings is 1. The fourth-order valence-corrected chi connectivity index (χ4v) is 2.83. The van der Waals surface area contributed by atoms with Crippen LogP contribution in [0.2, 0.25) is 5.02 Å². The van der Waals surface area contributed by atoms with Gasteiger partial charge in [-0.25, -0.2) is 4.98 Å². The van der Waals surface area contributed by atoms with Crippen LogP contribution in [0.5, 0.6) is 0 Å². The molecule has 4 nitrogen and oxygen atoms in total. The summed E-state index contributed by atoms with van der Waals surface area (Å²) in [6, 6.07) is 16.8. The molecule has 0 fully saturated rings. The van der Waals surface area contributed by atoms with E-state index < -0.39 is 6.10 Å². The summed E-state index contributed by atoms with van der Waals surface area (Å²) in [5.41, 5.74) is 3.09. The quantitative estimate of drug-likeness (QED) is 0.748. The van der Waals surface area contributed by atoms with Crippen molar-refractivity contribution in [2.45, 2.75) is 13.0 Å². The molecule has 0 bridgehead atoms. The van der Waals surface area contributed by atoms with E-state index in [1.165, 1.54) is 0 Å². The van der Waals surface area contributed by atoms with Crippen LogP contribution in [-0.4, -0.2) is 16.6 Å². The fraction of sp³-hybridized carbons (Fsp3) is 0.158. The second kappa shape index (κ2) is 6.88. The molecule has 0 amide bonds. The van der Waals surface area contributed by atoms with Gasteiger partial charge in [-0.3, -0.25) is 0 Å². The molecule has 1 unspecified atom stereocenters. The summed E-state index contributed by atoms with van der Waals surface area (Å²) in [5, 5.41) is 24.1. The minimum absolute atomic E-state index is 0.307. The normalized spacial score (nSPS) is 11.9. The van der Waals surface area contributed by atoms with Crippen molar-refractivity contribution in [3.8, 4) is 6.07 Å². The molecule has 1 heterocycles. The Morgan fingerprint density at radius 2 is 2.04 bits per heavy atom. The van der Waals surface area contributed by atoms with E-state index in [9.17, 15) is 10.4 Å². The molecule has 0 spiro atoms. The van der Waals surface area contributed by atoms with Crippen LogP contribution in [0.4, 0.5) is 5.82 Å². The number of benzene rings is 2. The molecule has 0 radical (unpaired) electrons. The van der Waals surface area contributed by atoms with Crippen molar-refractivity contribution in [2.24, 2.45) is 0 Å². The van der Waals surface area contributed by atoms with Crippen molar-refractivity contribution >= 4 is 28.3 Å². The van der Waals surface area contributed by atoms with Gasteiger partial charge in [0.2, 0.25) is 0 Å². The number of nitrogens with one attached hydrogen (secondary N) is 1. The zero-order chi connectivity index (χ0) is 17.1. The number of aryl methyl sites for hydroxylation is 1. The van der Waals surface area contributed by atoms with Gasteiger partial charge >= 0.3 is 0 Å². The number of aromatic nitrogens is 1. The average Bonchev–Trinajstić information content (AvgIpc) is 2.59. The number of aliphatic hydroxyl groups excluding tert-OH is 1. The van der Waals surface area contributed by atoms with E-state index in [0.717, 1.165) is 16.5 Å². The predicted octanol–water partition coefficient (Wildman–Crippen LogP) is 4.21. The predicted molar refractivity (Wildman–Crippen MR) is 96.1 cm³/mol. The SMILES string of the molecule is Cc1ccccc1C(O)CNc1cc(C#N)c2cc(Cl)ccc2n1. The van der Waals surface area contributed by atoms with Crippen molar-refractivity contribution in [3.63, 3.8) is 0 Å². The van der Waals surface area contributed by atoms with Crippen molar-refractivity contribution in [2.75, 3.05) is 11.9 Å². The Balaban J connectivity index is 1.84. The maximum absolute atomic E-state index is 10.4. The van der Waals surface area contributed by atoms with Gasteiger partial charge in [-0.05, 0) is 42.3 Å². The van der Waals surface area contributed by atoms with Crippen LogP contribution < -0.4 is 5.32 Å². The molecule has 5 heteroatoms. The lowest BCUT2D eigenvalue weighted by Gasteiger charge is -2.15. The molecule has 2 aromatic carbocycles. The summed E-state index contributed by atoms with van der Waals surface area (Å²) in [6.07, 6.45) is -0.653. The lowest BCUT2D eigenvalue weighted by molar-refractivity contribution is 0.191. The number of nitriles is 1. The van der Waals surface area contributed by atoms with E-state index in [-0.39, 0.29) is 0 Å². The van der Waals surface area contributed by atoms with Gasteiger partial charge in [-0.15, -0.1) is 0 Å². The summed E-state index contributed by atoms with van der Waals surface area (Å²) in [4.78, 5) is 4.48. The van der Waals surface area contributed by atoms with Crippen LogP contribution in [0.3, 0.4) is 0 Å². The van der Waals surface area contributed by atoms with Gasteiger partial charge in [0.25, 0.3) is 0 Å². The number of halogens is 1. The second-order valence-electron chi connectivity index (χ2n) is 5.58. The van der Waals surface area contributed by atoms with Crippen molar-refractivity contribution in [1.82, 2.24) is 4.98 Å². The summed E-state index contributed by atoms with van der Waals surface area (Å²) < 4.78 is 0. The molecule has 3 aromatic rings. The highest BCUT2D eigenvalue weighted by Crippen LogP contribution is 2.24. The molecule has 1 atom stereocenters. The number of fused-ring (bicyclic) bond motifs is 1. The summed E-state index contributed by atoms with van der Waals surface area (Å²) in [6.45, 7) is 2.27. The third-order valence-electron chi connectivity index (χ3n) is 3.92. The highest BCUT2D eigenvalue weighted by Gasteiger charge is 2.11. The fourth-order valence-electron chi connectivity index (χ4n) is 2.65. The summed E-state index contributed by atoms with van der Waals surface area (Å²) >= 11 is 5.99. The van der Waals surface area contributed by atoms with Gasteiger partial charge in [0, 0.05) is 17.0 Å². The molecular weight excluding hydrogens is 322 g/mol. The lowest BCUT2D eigenvalue weighted by Crippen LogP contribution is -2.14. The Labute approximate surface area is 145 Å². The number of nitrogens with zero attached hydrogens (tertiary/aromatic N) is 2. The Hall–Kier alpha value is -2.61. The summed E-state index contributed by atoms with van der Waals surface area (Å²) in [7, 11) is 0. The Kier molecular flexibility index (Phi) is 4.66. The van der Waals surface area contributed by atoms with E-state index in [4.69, 9.17) is 11.6 Å². The second-order valence-corrected chi connectivity index (χ2v) is 6.02. The average molecular weight is 338 g/mol. The molecule has 0 saturated carbocycles. The molecule has 24 heavy (non-hydrogen) atoms. The molecule has 0 aliphatic carbocycles. The number of aliphatic hydroxyl groups is 1. The third-order valence-corrected chi connectivity index (χ3v) is 4.15. The van der Waals surface area contributed by atoms with Crippen molar-refractivity contribution < 1.29 is 5.11 Å². The van der Waals surface area contributed by atoms with E-state index >= 15 is 0 Å². The van der Waals surface area contributed by atoms with Gasteiger partial charge in [0.05, 0.1) is 23.3 Å². The third kappa shape index (κ3) is 3.33. The van der Waals surface area contributed by atoms with Crippen LogP contribution in [0.25, 0.3) is 10.9 Å². The molecule has 1 aromatic heterocycles. The first kappa shape index (κ1) is 16.3. The zero-order valence-corrected chi connectivity index (χ0v) is 13.9. The van der Waals surface area contributed by atoms with Crippen molar-refractivity contribution in [3.05, 3.63) is 70.2 Å². The largest absolute Gasteiger partial charge is 0.387 e. The van der Waals surface area contributed by atoms with Crippen molar-refractivity contribution in [1.29, 1.82) is 5.26 Å². The number of rotatable bonds is 4. The molecular formula is C19H16ClN3O. The monoisotopic (exact) mass is 337 g/mol. The van der Waals surface area contributed by atoms with Crippen LogP contribution in [0.15, 0.2) is 48.5 Å². The van der Waals surface area contributed by atoms with E-state index in [1.807, 2.05) is 31.2 Å². The maximum atomic E-state index is 10.4. The minimum Gasteiger partial charge on any atom is -0.387 e. The molecule has 0 aliphatic heterocycles. The highest BCUT2D eigenvalue weighted by molar-refractivity contribution is 6.31. The van der Waals surface area contributed by atoms with Crippen LogP contribution >= 0.6 is 11.6 Å². The summed E-state index contributed by atoms with van der Waals surface area (Å²) in [5.74, 6) is 0.550. The first-order valence-corrected chi connectivity index (χ1v) is 7.94. The molecule has 120 valence electrons. The molecule has 2 N–H and O–H groups in total. The molecule has 0 aliphatic rings. The van der Waals surface area contributed by atoms with Gasteiger partial charge in [-0.2, -0.15) is 5.26 Å². The van der Waals surface area contributed by atoms with Gasteiger partial charge in [0.15, 0.2) is 0 Å². The Morgan fingerprint density at radius 1 is 1.25 bits per heavy atom. The van der Waals surface area contributed by atoms with E-state index in [0.29, 0.717) is 28.5 Å². The first-order chi connectivity index (χ1) is 11.6. The van der Waals surface area contributed by atoms with Crippen LogP contribution in [0.1, 0.15) is 22.8 Å². The lowest BCUT2D eigenvalue weighted by atomic mass is 10.0. The van der Waals surface area contributed by atoms with Gasteiger partial charge in [-0.1, -0.05) is 35.9 Å². The minimum atomic E-state index is -0.653. The van der Waals surface area contributed by atoms with E-state index in [2.05, 4.69) is 16.4 Å². The molecule has 3 rings (SSSR count). The Morgan fingerprint density at radius 3 is 2.79 bits per heavy atom. The molecule has 0 saturated heterocycles. The van der Waals surface area contributed by atoms with Gasteiger partial charge in [0.1, 0.15) is 5.82 Å². The Bertz CT molecular complexity index is 934. The topological polar surface area (TPSA) is 68.9 Å².